The first kappa shape index (κ1) is 22.1. The van der Waals surface area contributed by atoms with Gasteiger partial charge < -0.3 is 19.8 Å². The summed E-state index contributed by atoms with van der Waals surface area (Å²) in [5, 5.41) is 21.4. The van der Waals surface area contributed by atoms with Gasteiger partial charge in [0.05, 0.1) is 18.7 Å². The minimum Gasteiger partial charge on any atom is -0.508 e. The topological polar surface area (TPSA) is 100.0 Å². The average Bonchev–Trinajstić information content (AvgIpc) is 3.05. The number of aromatic nitrogens is 1. The van der Waals surface area contributed by atoms with Crippen LogP contribution in [0.1, 0.15) is 33.9 Å². The molecule has 4 rings (SSSR count). The van der Waals surface area contributed by atoms with Gasteiger partial charge in [-0.25, -0.2) is 0 Å². The quantitative estimate of drug-likeness (QED) is 0.350. The zero-order valence-corrected chi connectivity index (χ0v) is 18.6. The van der Waals surface area contributed by atoms with Crippen LogP contribution in [0.15, 0.2) is 66.5 Å². The van der Waals surface area contributed by atoms with E-state index in [1.54, 1.807) is 56.8 Å². The molecule has 0 spiro atoms. The second kappa shape index (κ2) is 8.78. The van der Waals surface area contributed by atoms with Gasteiger partial charge in [-0.05, 0) is 66.4 Å². The highest BCUT2D eigenvalue weighted by Crippen LogP contribution is 2.42. The highest BCUT2D eigenvalue weighted by atomic mass is 16.5. The van der Waals surface area contributed by atoms with Gasteiger partial charge in [0.1, 0.15) is 17.3 Å². The lowest BCUT2D eigenvalue weighted by Crippen LogP contribution is -2.29. The number of hydrogen-bond donors (Lipinski definition) is 2. The number of amides is 1. The summed E-state index contributed by atoms with van der Waals surface area (Å²) in [5.74, 6) is -1.12. The van der Waals surface area contributed by atoms with Gasteiger partial charge in [-0.2, -0.15) is 0 Å². The van der Waals surface area contributed by atoms with Crippen molar-refractivity contribution in [2.45, 2.75) is 26.4 Å². The van der Waals surface area contributed by atoms with Crippen LogP contribution in [0.2, 0.25) is 0 Å². The molecule has 3 aromatic rings. The van der Waals surface area contributed by atoms with E-state index in [-0.39, 0.29) is 23.6 Å². The Bertz CT molecular complexity index is 1270. The van der Waals surface area contributed by atoms with E-state index in [0.717, 1.165) is 11.1 Å². The third-order valence-corrected chi connectivity index (χ3v) is 5.80. The Hall–Kier alpha value is -4.13. The van der Waals surface area contributed by atoms with Gasteiger partial charge >= 0.3 is 0 Å². The SMILES string of the molecule is COc1cc(C)c(/C(O)=C2\C(=O)C(=O)N(Cc3cccnc3)C2c2cccc(O)c2)cc1C. The smallest absolute Gasteiger partial charge is 0.295 e. The molecule has 7 heteroatoms. The number of ketones is 1. The number of rotatable bonds is 5. The monoisotopic (exact) mass is 444 g/mol. The van der Waals surface area contributed by atoms with Gasteiger partial charge in [0.2, 0.25) is 0 Å². The maximum absolute atomic E-state index is 13.2. The number of hydrogen-bond acceptors (Lipinski definition) is 6. The first-order valence-corrected chi connectivity index (χ1v) is 10.4. The van der Waals surface area contributed by atoms with Crippen molar-refractivity contribution in [1.82, 2.24) is 9.88 Å². The van der Waals surface area contributed by atoms with Crippen LogP contribution >= 0.6 is 0 Å². The van der Waals surface area contributed by atoms with Crippen molar-refractivity contribution < 1.29 is 24.5 Å². The van der Waals surface area contributed by atoms with Crippen molar-refractivity contribution >= 4 is 17.4 Å². The first-order chi connectivity index (χ1) is 15.8. The summed E-state index contributed by atoms with van der Waals surface area (Å²) in [4.78, 5) is 31.8. The lowest BCUT2D eigenvalue weighted by atomic mass is 9.93. The zero-order valence-electron chi connectivity index (χ0n) is 18.6. The van der Waals surface area contributed by atoms with Crippen LogP contribution in [-0.4, -0.2) is 38.9 Å². The Balaban J connectivity index is 1.91. The molecular formula is C26H24N2O5. The molecule has 33 heavy (non-hydrogen) atoms. The number of aliphatic hydroxyl groups excluding tert-OH is 1. The van der Waals surface area contributed by atoms with Crippen molar-refractivity contribution in [3.8, 4) is 11.5 Å². The molecule has 2 aromatic carbocycles. The fourth-order valence-corrected chi connectivity index (χ4v) is 4.18. The largest absolute Gasteiger partial charge is 0.508 e. The average molecular weight is 444 g/mol. The van der Waals surface area contributed by atoms with E-state index in [1.165, 1.54) is 17.0 Å². The second-order valence-corrected chi connectivity index (χ2v) is 8.02. The number of pyridine rings is 1. The third kappa shape index (κ3) is 4.05. The molecule has 1 aliphatic heterocycles. The van der Waals surface area contributed by atoms with Gasteiger partial charge in [0, 0.05) is 24.5 Å². The molecule has 1 aliphatic rings. The highest BCUT2D eigenvalue weighted by Gasteiger charge is 2.46. The van der Waals surface area contributed by atoms with Gasteiger partial charge in [-0.3, -0.25) is 14.6 Å². The van der Waals surface area contributed by atoms with Gasteiger partial charge in [-0.15, -0.1) is 0 Å². The summed E-state index contributed by atoms with van der Waals surface area (Å²) >= 11 is 0. The van der Waals surface area contributed by atoms with E-state index in [9.17, 15) is 19.8 Å². The van der Waals surface area contributed by atoms with Crippen molar-refractivity contribution in [2.24, 2.45) is 0 Å². The number of nitrogens with zero attached hydrogens (tertiary/aromatic N) is 2. The number of aromatic hydroxyl groups is 1. The van der Waals surface area contributed by atoms with Crippen molar-refractivity contribution in [3.63, 3.8) is 0 Å². The number of methoxy groups -OCH3 is 1. The first-order valence-electron chi connectivity index (χ1n) is 10.4. The molecule has 2 N–H and O–H groups in total. The highest BCUT2D eigenvalue weighted by molar-refractivity contribution is 6.46. The number of Topliss-reactive ketones (excluding diaryl/α,β-unsaturated/α-hetero) is 1. The number of likely N-dealkylation sites (tertiary alicyclic amines) is 1. The fraction of sp³-hybridized carbons (Fsp3) is 0.192. The Labute approximate surface area is 191 Å². The summed E-state index contributed by atoms with van der Waals surface area (Å²) in [5.41, 5.74) is 3.15. The number of ether oxygens (including phenoxy) is 1. The molecule has 0 bridgehead atoms. The Morgan fingerprint density at radius 2 is 1.88 bits per heavy atom. The molecule has 1 aromatic heterocycles. The maximum Gasteiger partial charge on any atom is 0.295 e. The van der Waals surface area contributed by atoms with E-state index in [4.69, 9.17) is 4.74 Å². The zero-order chi connectivity index (χ0) is 23.7. The van der Waals surface area contributed by atoms with Crippen LogP contribution in [-0.2, 0) is 16.1 Å². The maximum atomic E-state index is 13.2. The predicted octanol–water partition coefficient (Wildman–Crippen LogP) is 4.03. The number of carbonyl (C=O) groups excluding carboxylic acids is 2. The van der Waals surface area contributed by atoms with E-state index < -0.39 is 17.7 Å². The van der Waals surface area contributed by atoms with E-state index in [2.05, 4.69) is 4.98 Å². The Morgan fingerprint density at radius 3 is 2.55 bits per heavy atom. The number of aryl methyl sites for hydroxylation is 2. The molecule has 0 saturated carbocycles. The van der Waals surface area contributed by atoms with E-state index in [0.29, 0.717) is 22.4 Å². The van der Waals surface area contributed by atoms with Crippen molar-refractivity contribution in [3.05, 3.63) is 94.3 Å². The number of aliphatic hydroxyl groups is 1. The van der Waals surface area contributed by atoms with E-state index >= 15 is 0 Å². The molecule has 168 valence electrons. The molecule has 2 heterocycles. The van der Waals surface area contributed by atoms with Crippen LogP contribution in [0.3, 0.4) is 0 Å². The standard InChI is InChI=1S/C26H24N2O5/c1-15-11-21(33-3)16(2)10-20(15)24(30)22-23(18-7-4-8-19(29)12-18)28(26(32)25(22)31)14-17-6-5-9-27-13-17/h4-13,23,29-30H,14H2,1-3H3/b24-22+. The molecule has 7 nitrogen and oxygen atoms in total. The minimum absolute atomic E-state index is 0.00376. The van der Waals surface area contributed by atoms with Gasteiger partial charge in [0.25, 0.3) is 11.7 Å². The van der Waals surface area contributed by atoms with Gasteiger partial charge in [-0.1, -0.05) is 18.2 Å². The fourth-order valence-electron chi connectivity index (χ4n) is 4.18. The van der Waals surface area contributed by atoms with Gasteiger partial charge in [0.15, 0.2) is 0 Å². The normalized spacial score (nSPS) is 17.4. The number of phenolic OH excluding ortho intramolecular Hbond substituents is 1. The van der Waals surface area contributed by atoms with Crippen molar-refractivity contribution in [2.75, 3.05) is 7.11 Å². The Morgan fingerprint density at radius 1 is 1.09 bits per heavy atom. The summed E-state index contributed by atoms with van der Waals surface area (Å²) in [7, 11) is 1.56. The number of carbonyl (C=O) groups is 2. The van der Waals surface area contributed by atoms with Crippen LogP contribution in [0, 0.1) is 13.8 Å². The Kier molecular flexibility index (Phi) is 5.87. The molecule has 0 radical (unpaired) electrons. The minimum atomic E-state index is -0.876. The van der Waals surface area contributed by atoms with Crippen LogP contribution < -0.4 is 4.74 Å². The lowest BCUT2D eigenvalue weighted by molar-refractivity contribution is -0.140. The van der Waals surface area contributed by atoms with E-state index in [1.807, 2.05) is 13.0 Å². The molecular weight excluding hydrogens is 420 g/mol. The van der Waals surface area contributed by atoms with Crippen molar-refractivity contribution in [1.29, 1.82) is 0 Å². The predicted molar refractivity (Wildman–Crippen MR) is 123 cm³/mol. The number of phenols is 1. The van der Waals surface area contributed by atoms with Crippen LogP contribution in [0.4, 0.5) is 0 Å². The third-order valence-electron chi connectivity index (χ3n) is 5.80. The number of benzene rings is 2. The molecule has 1 unspecified atom stereocenters. The molecule has 1 amide bonds. The lowest BCUT2D eigenvalue weighted by Gasteiger charge is -2.25. The molecule has 1 atom stereocenters. The summed E-state index contributed by atoms with van der Waals surface area (Å²) in [6.45, 7) is 3.75. The van der Waals surface area contributed by atoms with Crippen LogP contribution in [0.25, 0.3) is 5.76 Å². The molecule has 1 fully saturated rings. The second-order valence-electron chi connectivity index (χ2n) is 8.02. The molecule has 0 aliphatic carbocycles. The summed E-state index contributed by atoms with van der Waals surface area (Å²) < 4.78 is 5.35. The molecule has 1 saturated heterocycles. The summed E-state index contributed by atoms with van der Waals surface area (Å²) in [6.07, 6.45) is 3.24. The summed E-state index contributed by atoms with van der Waals surface area (Å²) in [6, 6.07) is 12.5. The van der Waals surface area contributed by atoms with Crippen LogP contribution in [0.5, 0.6) is 11.5 Å².